The van der Waals surface area contributed by atoms with Gasteiger partial charge in [-0.1, -0.05) is 6.07 Å². The number of halogens is 1. The minimum absolute atomic E-state index is 0.271. The fourth-order valence-corrected chi connectivity index (χ4v) is 3.15. The Balaban J connectivity index is 1.95. The summed E-state index contributed by atoms with van der Waals surface area (Å²) in [5, 5.41) is 3.11. The van der Waals surface area contributed by atoms with Gasteiger partial charge in [-0.2, -0.15) is 0 Å². The Bertz CT molecular complexity index is 785. The topological polar surface area (TPSA) is 33.6 Å². The molecule has 0 fully saturated rings. The van der Waals surface area contributed by atoms with Crippen LogP contribution in [0.1, 0.15) is 10.7 Å². The number of rotatable bonds is 3. The number of thiazole rings is 1. The maximum Gasteiger partial charge on any atom is 0.178 e. The minimum atomic E-state index is -0.271. The summed E-state index contributed by atoms with van der Waals surface area (Å²) >= 11 is 6.90. The van der Waals surface area contributed by atoms with Gasteiger partial charge in [-0.3, -0.25) is 0 Å². The van der Waals surface area contributed by atoms with Crippen LogP contribution in [0.3, 0.4) is 0 Å². The molecule has 6 heteroatoms. The lowest BCUT2D eigenvalue weighted by Crippen LogP contribution is -2.01. The van der Waals surface area contributed by atoms with Crippen molar-refractivity contribution in [2.24, 2.45) is 0 Å². The van der Waals surface area contributed by atoms with E-state index in [1.54, 1.807) is 17.4 Å². The van der Waals surface area contributed by atoms with Crippen molar-refractivity contribution in [2.45, 2.75) is 19.9 Å². The molecule has 19 heavy (non-hydrogen) atoms. The summed E-state index contributed by atoms with van der Waals surface area (Å²) < 4.78 is 16.1. The molecule has 0 aliphatic rings. The SMILES string of the molecule is Cc1csc(CCn2c(=S)[nH]c3c(F)cccc32)n1. The number of hydrogen-bond donors (Lipinski definition) is 1. The Hall–Kier alpha value is -1.53. The third-order valence-electron chi connectivity index (χ3n) is 2.98. The second-order valence-electron chi connectivity index (χ2n) is 4.35. The van der Waals surface area contributed by atoms with E-state index in [1.807, 2.05) is 22.9 Å². The summed E-state index contributed by atoms with van der Waals surface area (Å²) in [5.41, 5.74) is 2.31. The van der Waals surface area contributed by atoms with Crippen LogP contribution < -0.4 is 0 Å². The molecule has 3 rings (SSSR count). The first-order valence-electron chi connectivity index (χ1n) is 5.93. The molecule has 0 saturated carbocycles. The van der Waals surface area contributed by atoms with Gasteiger partial charge in [-0.05, 0) is 31.3 Å². The lowest BCUT2D eigenvalue weighted by Gasteiger charge is -2.02. The monoisotopic (exact) mass is 293 g/mol. The van der Waals surface area contributed by atoms with E-state index >= 15 is 0 Å². The van der Waals surface area contributed by atoms with E-state index in [4.69, 9.17) is 12.2 Å². The van der Waals surface area contributed by atoms with Crippen molar-refractivity contribution in [2.75, 3.05) is 0 Å². The largest absolute Gasteiger partial charge is 0.328 e. The number of aryl methyl sites for hydroxylation is 3. The van der Waals surface area contributed by atoms with E-state index in [1.165, 1.54) is 6.07 Å². The summed E-state index contributed by atoms with van der Waals surface area (Å²) in [5.74, 6) is -0.271. The molecule has 0 radical (unpaired) electrons. The summed E-state index contributed by atoms with van der Waals surface area (Å²) in [4.78, 5) is 7.35. The van der Waals surface area contributed by atoms with E-state index in [0.717, 1.165) is 22.6 Å². The van der Waals surface area contributed by atoms with Gasteiger partial charge in [0.05, 0.1) is 10.5 Å². The highest BCUT2D eigenvalue weighted by Crippen LogP contribution is 2.18. The van der Waals surface area contributed by atoms with E-state index in [-0.39, 0.29) is 5.82 Å². The molecule has 0 spiro atoms. The first-order chi connectivity index (χ1) is 9.15. The average molecular weight is 293 g/mol. The summed E-state index contributed by atoms with van der Waals surface area (Å²) in [6, 6.07) is 5.00. The molecule has 0 aliphatic heterocycles. The quantitative estimate of drug-likeness (QED) is 0.744. The van der Waals surface area contributed by atoms with Crippen LogP contribution in [0, 0.1) is 17.5 Å². The zero-order chi connectivity index (χ0) is 13.4. The predicted molar refractivity (Wildman–Crippen MR) is 77.6 cm³/mol. The number of fused-ring (bicyclic) bond motifs is 1. The van der Waals surface area contributed by atoms with Crippen molar-refractivity contribution in [3.05, 3.63) is 44.9 Å². The molecule has 0 aliphatic carbocycles. The van der Waals surface area contributed by atoms with Crippen LogP contribution >= 0.6 is 23.6 Å². The first-order valence-corrected chi connectivity index (χ1v) is 7.22. The number of para-hydroxylation sites is 1. The molecule has 0 saturated heterocycles. The first kappa shape index (κ1) is 12.5. The highest BCUT2D eigenvalue weighted by Gasteiger charge is 2.08. The Morgan fingerprint density at radius 2 is 2.32 bits per heavy atom. The van der Waals surface area contributed by atoms with Gasteiger partial charge in [0.15, 0.2) is 4.77 Å². The summed E-state index contributed by atoms with van der Waals surface area (Å²) in [6.45, 7) is 2.68. The van der Waals surface area contributed by atoms with Crippen molar-refractivity contribution in [3.63, 3.8) is 0 Å². The van der Waals surface area contributed by atoms with Gasteiger partial charge in [0.25, 0.3) is 0 Å². The second-order valence-corrected chi connectivity index (χ2v) is 5.68. The van der Waals surface area contributed by atoms with Crippen LogP contribution in [0.2, 0.25) is 0 Å². The van der Waals surface area contributed by atoms with Crippen LogP contribution in [0.4, 0.5) is 4.39 Å². The molecule has 98 valence electrons. The molecule has 3 aromatic rings. The fraction of sp³-hybridized carbons (Fsp3) is 0.231. The van der Waals surface area contributed by atoms with Crippen molar-refractivity contribution in [1.29, 1.82) is 0 Å². The van der Waals surface area contributed by atoms with Crippen LogP contribution in [-0.4, -0.2) is 14.5 Å². The van der Waals surface area contributed by atoms with Gasteiger partial charge in [0.2, 0.25) is 0 Å². The van der Waals surface area contributed by atoms with Gasteiger partial charge in [0.1, 0.15) is 11.3 Å². The lowest BCUT2D eigenvalue weighted by atomic mass is 10.3. The van der Waals surface area contributed by atoms with Crippen molar-refractivity contribution in [3.8, 4) is 0 Å². The van der Waals surface area contributed by atoms with Crippen LogP contribution in [0.15, 0.2) is 23.6 Å². The second kappa shape index (κ2) is 4.86. The summed E-state index contributed by atoms with van der Waals surface area (Å²) in [7, 11) is 0. The highest BCUT2D eigenvalue weighted by molar-refractivity contribution is 7.71. The number of aromatic nitrogens is 3. The average Bonchev–Trinajstić information content (AvgIpc) is 2.92. The molecular formula is C13H12FN3S2. The molecule has 3 nitrogen and oxygen atoms in total. The van der Waals surface area contributed by atoms with Crippen LogP contribution in [-0.2, 0) is 13.0 Å². The third kappa shape index (κ3) is 2.33. The van der Waals surface area contributed by atoms with Gasteiger partial charge < -0.3 is 9.55 Å². The van der Waals surface area contributed by atoms with E-state index in [2.05, 4.69) is 9.97 Å². The fourth-order valence-electron chi connectivity index (χ4n) is 2.09. The number of nitrogens with one attached hydrogen (secondary N) is 1. The van der Waals surface area contributed by atoms with Gasteiger partial charge >= 0.3 is 0 Å². The number of H-pyrrole nitrogens is 1. The number of aromatic amines is 1. The van der Waals surface area contributed by atoms with Crippen molar-refractivity contribution >= 4 is 34.6 Å². The number of hydrogen-bond acceptors (Lipinski definition) is 3. The Morgan fingerprint density at radius 3 is 3.05 bits per heavy atom. The third-order valence-corrected chi connectivity index (χ3v) is 4.32. The normalized spacial score (nSPS) is 11.3. The van der Waals surface area contributed by atoms with Crippen molar-refractivity contribution < 1.29 is 4.39 Å². The zero-order valence-corrected chi connectivity index (χ0v) is 11.9. The molecule has 2 aromatic heterocycles. The maximum atomic E-state index is 13.6. The lowest BCUT2D eigenvalue weighted by molar-refractivity contribution is 0.637. The molecule has 0 atom stereocenters. The van der Waals surface area contributed by atoms with Crippen molar-refractivity contribution in [1.82, 2.24) is 14.5 Å². The smallest absolute Gasteiger partial charge is 0.178 e. The Kier molecular flexibility index (Phi) is 3.20. The number of imidazole rings is 1. The number of benzene rings is 1. The van der Waals surface area contributed by atoms with Gasteiger partial charge in [0, 0.05) is 24.0 Å². The zero-order valence-electron chi connectivity index (χ0n) is 10.3. The number of nitrogens with zero attached hydrogens (tertiary/aromatic N) is 2. The van der Waals surface area contributed by atoms with Gasteiger partial charge in [-0.25, -0.2) is 9.37 Å². The van der Waals surface area contributed by atoms with E-state index in [0.29, 0.717) is 16.8 Å². The molecule has 1 aromatic carbocycles. The van der Waals surface area contributed by atoms with E-state index in [9.17, 15) is 4.39 Å². The molecule has 0 amide bonds. The standard InChI is InChI=1S/C13H12FN3S2/c1-8-7-19-11(15-8)5-6-17-10-4-2-3-9(14)12(10)16-13(17)18/h2-4,7H,5-6H2,1H3,(H,16,18). The van der Waals surface area contributed by atoms with Gasteiger partial charge in [-0.15, -0.1) is 11.3 Å². The van der Waals surface area contributed by atoms with Crippen LogP contribution in [0.25, 0.3) is 11.0 Å². The predicted octanol–water partition coefficient (Wildman–Crippen LogP) is 3.85. The maximum absolute atomic E-state index is 13.6. The molecule has 0 unspecified atom stereocenters. The Morgan fingerprint density at radius 1 is 1.47 bits per heavy atom. The summed E-state index contributed by atoms with van der Waals surface area (Å²) in [6.07, 6.45) is 0.802. The molecule has 1 N–H and O–H groups in total. The highest BCUT2D eigenvalue weighted by atomic mass is 32.1. The van der Waals surface area contributed by atoms with Crippen LogP contribution in [0.5, 0.6) is 0 Å². The van der Waals surface area contributed by atoms with E-state index < -0.39 is 0 Å². The Labute approximate surface area is 118 Å². The molecule has 0 bridgehead atoms. The minimum Gasteiger partial charge on any atom is -0.328 e. The molecule has 2 heterocycles. The molecular weight excluding hydrogens is 281 g/mol.